The number of amides is 1. The fourth-order valence-electron chi connectivity index (χ4n) is 3.94. The number of aliphatic carboxylic acids is 1. The van der Waals surface area contributed by atoms with Crippen LogP contribution in [0.15, 0.2) is 89.3 Å². The Hall–Kier alpha value is -4.59. The number of hydrogen-bond acceptors (Lipinski definition) is 6. The second-order valence-corrected chi connectivity index (χ2v) is 8.08. The van der Waals surface area contributed by atoms with Crippen LogP contribution >= 0.6 is 0 Å². The molecule has 1 fully saturated rings. The third-order valence-electron chi connectivity index (χ3n) is 5.65. The van der Waals surface area contributed by atoms with Gasteiger partial charge in [0, 0.05) is 11.1 Å². The Balaban J connectivity index is 1.53. The minimum absolute atomic E-state index is 0.295. The van der Waals surface area contributed by atoms with Crippen LogP contribution in [0.25, 0.3) is 22.6 Å². The maximum Gasteiger partial charge on any atom is 0.408 e. The molecule has 0 spiro atoms. The minimum atomic E-state index is -1.08. The summed E-state index contributed by atoms with van der Waals surface area (Å²) in [5, 5.41) is 11.9. The number of rotatable bonds is 7. The summed E-state index contributed by atoms with van der Waals surface area (Å²) in [5.74, 6) is 0.146. The zero-order valence-electron chi connectivity index (χ0n) is 18.8. The Labute approximate surface area is 201 Å². The Morgan fingerprint density at radius 2 is 1.69 bits per heavy atom. The molecule has 0 saturated carbocycles. The van der Waals surface area contributed by atoms with E-state index < -0.39 is 30.3 Å². The van der Waals surface area contributed by atoms with E-state index in [9.17, 15) is 9.59 Å². The quantitative estimate of drug-likeness (QED) is 0.373. The van der Waals surface area contributed by atoms with Crippen molar-refractivity contribution in [2.75, 3.05) is 0 Å². The topological polar surface area (TPSA) is 111 Å². The van der Waals surface area contributed by atoms with Gasteiger partial charge < -0.3 is 24.3 Å². The fraction of sp³-hybridized carbons (Fsp3) is 0.148. The molecule has 8 nitrogen and oxygen atoms in total. The SMILES string of the molecule is CC(Oc1cccc(C2OC(=O)NC2c2nc(-c3ccccc3)c(-c3ccccc3)o2)c1)C(=O)O. The first-order chi connectivity index (χ1) is 17.0. The van der Waals surface area contributed by atoms with Crippen LogP contribution in [0.1, 0.15) is 30.5 Å². The normalized spacial score (nSPS) is 17.9. The third kappa shape index (κ3) is 4.59. The van der Waals surface area contributed by atoms with E-state index in [2.05, 4.69) is 5.32 Å². The molecule has 8 heteroatoms. The van der Waals surface area contributed by atoms with Gasteiger partial charge in [-0.1, -0.05) is 72.8 Å². The van der Waals surface area contributed by atoms with Crippen LogP contribution in [-0.4, -0.2) is 28.3 Å². The summed E-state index contributed by atoms with van der Waals surface area (Å²) in [7, 11) is 0. The van der Waals surface area contributed by atoms with Gasteiger partial charge in [-0.15, -0.1) is 0 Å². The van der Waals surface area contributed by atoms with E-state index in [1.807, 2.05) is 60.7 Å². The van der Waals surface area contributed by atoms with Crippen LogP contribution in [0.4, 0.5) is 4.79 Å². The number of alkyl carbamates (subject to hydrolysis) is 1. The summed E-state index contributed by atoms with van der Waals surface area (Å²) in [5.41, 5.74) is 2.99. The molecular formula is C27H22N2O6. The van der Waals surface area contributed by atoms with Crippen molar-refractivity contribution in [1.29, 1.82) is 0 Å². The first-order valence-corrected chi connectivity index (χ1v) is 11.1. The largest absolute Gasteiger partial charge is 0.479 e. The molecule has 2 heterocycles. The Morgan fingerprint density at radius 1 is 1.00 bits per heavy atom. The molecule has 3 unspecified atom stereocenters. The number of nitrogens with one attached hydrogen (secondary N) is 1. The average Bonchev–Trinajstić information content (AvgIpc) is 3.49. The van der Waals surface area contributed by atoms with E-state index in [1.165, 1.54) is 6.92 Å². The first-order valence-electron chi connectivity index (χ1n) is 11.1. The molecule has 3 atom stereocenters. The van der Waals surface area contributed by atoms with Crippen LogP contribution in [-0.2, 0) is 9.53 Å². The van der Waals surface area contributed by atoms with Crippen molar-refractivity contribution >= 4 is 12.1 Å². The van der Waals surface area contributed by atoms with Gasteiger partial charge in [0.1, 0.15) is 17.5 Å². The van der Waals surface area contributed by atoms with E-state index >= 15 is 0 Å². The standard InChI is InChI=1S/C27H22N2O6/c1-16(26(30)31)33-20-14-8-13-19(15-20)24-22(29-27(32)35-24)25-28-21(17-9-4-2-5-10-17)23(34-25)18-11-6-3-7-12-18/h2-16,22,24H,1H3,(H,29,32)(H,30,31). The number of carbonyl (C=O) groups is 2. The van der Waals surface area contributed by atoms with Gasteiger partial charge >= 0.3 is 12.1 Å². The second kappa shape index (κ2) is 9.34. The number of nitrogens with zero attached hydrogens (tertiary/aromatic N) is 1. The summed E-state index contributed by atoms with van der Waals surface area (Å²) >= 11 is 0. The van der Waals surface area contributed by atoms with Gasteiger partial charge in [0.25, 0.3) is 0 Å². The van der Waals surface area contributed by atoms with Crippen molar-refractivity contribution in [2.24, 2.45) is 0 Å². The number of aromatic nitrogens is 1. The molecule has 1 amide bonds. The lowest BCUT2D eigenvalue weighted by Crippen LogP contribution is -2.23. The average molecular weight is 470 g/mol. The van der Waals surface area contributed by atoms with Gasteiger partial charge in [0.2, 0.25) is 5.89 Å². The van der Waals surface area contributed by atoms with E-state index in [4.69, 9.17) is 24.0 Å². The fourth-order valence-corrected chi connectivity index (χ4v) is 3.94. The second-order valence-electron chi connectivity index (χ2n) is 8.08. The zero-order chi connectivity index (χ0) is 24.4. The molecule has 5 rings (SSSR count). The van der Waals surface area contributed by atoms with Crippen LogP contribution in [0.3, 0.4) is 0 Å². The monoisotopic (exact) mass is 470 g/mol. The highest BCUT2D eigenvalue weighted by atomic mass is 16.6. The zero-order valence-corrected chi connectivity index (χ0v) is 18.8. The maximum absolute atomic E-state index is 12.3. The van der Waals surface area contributed by atoms with Crippen LogP contribution in [0, 0.1) is 0 Å². The van der Waals surface area contributed by atoms with Crippen molar-refractivity contribution in [3.8, 4) is 28.3 Å². The minimum Gasteiger partial charge on any atom is -0.479 e. The highest BCUT2D eigenvalue weighted by Gasteiger charge is 2.40. The summed E-state index contributed by atoms with van der Waals surface area (Å²) in [6.45, 7) is 1.44. The number of carboxylic acids is 1. The molecule has 1 saturated heterocycles. The number of carboxylic acid groups (broad SMARTS) is 1. The lowest BCUT2D eigenvalue weighted by Gasteiger charge is -2.16. The lowest BCUT2D eigenvalue weighted by atomic mass is 10.0. The van der Waals surface area contributed by atoms with E-state index in [-0.39, 0.29) is 0 Å². The van der Waals surface area contributed by atoms with Crippen molar-refractivity contribution in [3.63, 3.8) is 0 Å². The molecule has 176 valence electrons. The molecule has 1 aliphatic heterocycles. The van der Waals surface area contributed by atoms with E-state index in [0.717, 1.165) is 11.1 Å². The number of oxazole rings is 1. The number of ether oxygens (including phenoxy) is 2. The number of hydrogen-bond donors (Lipinski definition) is 2. The first kappa shape index (κ1) is 22.2. The predicted molar refractivity (Wildman–Crippen MR) is 127 cm³/mol. The van der Waals surface area contributed by atoms with Crippen LogP contribution in [0.5, 0.6) is 5.75 Å². The highest BCUT2D eigenvalue weighted by Crippen LogP contribution is 2.41. The van der Waals surface area contributed by atoms with Gasteiger partial charge in [-0.05, 0) is 24.6 Å². The summed E-state index contributed by atoms with van der Waals surface area (Å²) < 4.78 is 17.3. The number of carbonyl (C=O) groups excluding carboxylic acids is 1. The lowest BCUT2D eigenvalue weighted by molar-refractivity contribution is -0.144. The molecule has 0 aliphatic carbocycles. The van der Waals surface area contributed by atoms with E-state index in [1.54, 1.807) is 24.3 Å². The maximum atomic E-state index is 12.3. The van der Waals surface area contributed by atoms with Crippen molar-refractivity contribution in [2.45, 2.75) is 25.2 Å². The Kier molecular flexibility index (Phi) is 5.93. The van der Waals surface area contributed by atoms with Crippen LogP contribution < -0.4 is 10.1 Å². The Morgan fingerprint density at radius 3 is 2.37 bits per heavy atom. The summed E-state index contributed by atoms with van der Waals surface area (Å²) in [4.78, 5) is 28.2. The van der Waals surface area contributed by atoms with Gasteiger partial charge in [-0.3, -0.25) is 0 Å². The number of benzene rings is 3. The van der Waals surface area contributed by atoms with E-state index in [0.29, 0.717) is 28.7 Å². The molecule has 1 aliphatic rings. The summed E-state index contributed by atoms with van der Waals surface area (Å²) in [6.07, 6.45) is -2.39. The predicted octanol–water partition coefficient (Wildman–Crippen LogP) is 5.38. The highest BCUT2D eigenvalue weighted by molar-refractivity contribution is 5.77. The molecule has 2 N–H and O–H groups in total. The Bertz CT molecular complexity index is 1300. The molecule has 4 aromatic rings. The molecular weight excluding hydrogens is 448 g/mol. The number of cyclic esters (lactones) is 1. The van der Waals surface area contributed by atoms with Crippen molar-refractivity contribution in [1.82, 2.24) is 10.3 Å². The third-order valence-corrected chi connectivity index (χ3v) is 5.65. The van der Waals surface area contributed by atoms with Crippen LogP contribution in [0.2, 0.25) is 0 Å². The molecule has 35 heavy (non-hydrogen) atoms. The molecule has 1 aromatic heterocycles. The van der Waals surface area contributed by atoms with Gasteiger partial charge in [0.15, 0.2) is 18.0 Å². The molecule has 0 radical (unpaired) electrons. The van der Waals surface area contributed by atoms with Crippen molar-refractivity contribution < 1.29 is 28.6 Å². The van der Waals surface area contributed by atoms with Gasteiger partial charge in [-0.2, -0.15) is 0 Å². The van der Waals surface area contributed by atoms with Gasteiger partial charge in [-0.25, -0.2) is 14.6 Å². The summed E-state index contributed by atoms with van der Waals surface area (Å²) in [6, 6.07) is 25.4. The smallest absolute Gasteiger partial charge is 0.408 e. The van der Waals surface area contributed by atoms with Crippen molar-refractivity contribution in [3.05, 3.63) is 96.4 Å². The molecule has 3 aromatic carbocycles. The van der Waals surface area contributed by atoms with Gasteiger partial charge in [0.05, 0.1) is 0 Å². The molecule has 0 bridgehead atoms.